The molecular weight excluding hydrogens is 252 g/mol. The predicted octanol–water partition coefficient (Wildman–Crippen LogP) is 2.43. The monoisotopic (exact) mass is 276 g/mol. The van der Waals surface area contributed by atoms with Gasteiger partial charge in [-0.2, -0.15) is 0 Å². The highest BCUT2D eigenvalue weighted by Crippen LogP contribution is 2.34. The highest BCUT2D eigenvalue weighted by atomic mass is 16.6. The molecule has 3 rings (SSSR count). The van der Waals surface area contributed by atoms with Crippen LogP contribution in [0.5, 0.6) is 11.5 Å². The standard InChI is InChI=1S/C16H24N2O2/c1-2-7-17-13-4-3-8-18(12-13)14-5-6-15-16(11-14)20-10-9-19-15/h5-6,11,13,17H,2-4,7-10,12H2,1H3. The van der Waals surface area contributed by atoms with E-state index in [1.54, 1.807) is 0 Å². The van der Waals surface area contributed by atoms with Crippen LogP contribution in [0.3, 0.4) is 0 Å². The van der Waals surface area contributed by atoms with E-state index < -0.39 is 0 Å². The molecule has 1 N–H and O–H groups in total. The van der Waals surface area contributed by atoms with E-state index in [0.29, 0.717) is 19.3 Å². The van der Waals surface area contributed by atoms with Crippen LogP contribution in [-0.4, -0.2) is 38.9 Å². The summed E-state index contributed by atoms with van der Waals surface area (Å²) < 4.78 is 11.3. The van der Waals surface area contributed by atoms with Crippen molar-refractivity contribution >= 4 is 5.69 Å². The summed E-state index contributed by atoms with van der Waals surface area (Å²) in [4.78, 5) is 2.45. The molecule has 2 heterocycles. The van der Waals surface area contributed by atoms with Crippen LogP contribution < -0.4 is 19.7 Å². The van der Waals surface area contributed by atoms with Crippen molar-refractivity contribution in [2.75, 3.05) is 37.7 Å². The van der Waals surface area contributed by atoms with Crippen molar-refractivity contribution in [3.05, 3.63) is 18.2 Å². The SMILES string of the molecule is CCCNC1CCCN(c2ccc3c(c2)OCCO3)C1. The molecule has 1 saturated heterocycles. The van der Waals surface area contributed by atoms with Crippen molar-refractivity contribution in [2.45, 2.75) is 32.2 Å². The molecular formula is C16H24N2O2. The highest BCUT2D eigenvalue weighted by molar-refractivity contribution is 5.57. The van der Waals surface area contributed by atoms with E-state index in [4.69, 9.17) is 9.47 Å². The van der Waals surface area contributed by atoms with Crippen LogP contribution >= 0.6 is 0 Å². The fourth-order valence-corrected chi connectivity index (χ4v) is 2.96. The molecule has 0 aromatic heterocycles. The molecule has 1 aromatic rings. The fourth-order valence-electron chi connectivity index (χ4n) is 2.96. The Kier molecular flexibility index (Phi) is 4.31. The number of piperidine rings is 1. The lowest BCUT2D eigenvalue weighted by Gasteiger charge is -2.35. The molecule has 0 saturated carbocycles. The average Bonchev–Trinajstić information content (AvgIpc) is 2.53. The third-order valence-corrected chi connectivity index (χ3v) is 4.00. The molecule has 2 aliphatic rings. The largest absolute Gasteiger partial charge is 0.486 e. The summed E-state index contributed by atoms with van der Waals surface area (Å²) in [6.07, 6.45) is 3.72. The first-order chi connectivity index (χ1) is 9.86. The topological polar surface area (TPSA) is 33.7 Å². The second kappa shape index (κ2) is 6.35. The van der Waals surface area contributed by atoms with Gasteiger partial charge in [0.1, 0.15) is 13.2 Å². The number of nitrogens with zero attached hydrogens (tertiary/aromatic N) is 1. The third-order valence-electron chi connectivity index (χ3n) is 4.00. The number of rotatable bonds is 4. The van der Waals surface area contributed by atoms with Gasteiger partial charge in [-0.25, -0.2) is 0 Å². The summed E-state index contributed by atoms with van der Waals surface area (Å²) in [7, 11) is 0. The van der Waals surface area contributed by atoms with E-state index in [1.165, 1.54) is 24.9 Å². The van der Waals surface area contributed by atoms with Crippen LogP contribution in [0, 0.1) is 0 Å². The molecule has 4 heteroatoms. The Labute approximate surface area is 121 Å². The summed E-state index contributed by atoms with van der Waals surface area (Å²) in [6, 6.07) is 6.91. The van der Waals surface area contributed by atoms with Gasteiger partial charge in [-0.05, 0) is 37.9 Å². The quantitative estimate of drug-likeness (QED) is 0.916. The fraction of sp³-hybridized carbons (Fsp3) is 0.625. The minimum absolute atomic E-state index is 0.608. The normalized spacial score (nSPS) is 21.9. The van der Waals surface area contributed by atoms with Gasteiger partial charge in [0, 0.05) is 30.9 Å². The van der Waals surface area contributed by atoms with Crippen LogP contribution in [0.15, 0.2) is 18.2 Å². The van der Waals surface area contributed by atoms with E-state index in [1.807, 2.05) is 6.07 Å². The molecule has 0 amide bonds. The Balaban J connectivity index is 1.68. The molecule has 0 bridgehead atoms. The predicted molar refractivity (Wildman–Crippen MR) is 81.0 cm³/mol. The average molecular weight is 276 g/mol. The zero-order valence-electron chi connectivity index (χ0n) is 12.2. The van der Waals surface area contributed by atoms with Gasteiger partial charge in [0.05, 0.1) is 0 Å². The minimum atomic E-state index is 0.608. The van der Waals surface area contributed by atoms with Gasteiger partial charge >= 0.3 is 0 Å². The molecule has 1 atom stereocenters. The molecule has 4 nitrogen and oxygen atoms in total. The number of hydrogen-bond acceptors (Lipinski definition) is 4. The molecule has 20 heavy (non-hydrogen) atoms. The van der Waals surface area contributed by atoms with Crippen LogP contribution in [-0.2, 0) is 0 Å². The van der Waals surface area contributed by atoms with Gasteiger partial charge in [0.25, 0.3) is 0 Å². The molecule has 0 spiro atoms. The van der Waals surface area contributed by atoms with E-state index in [-0.39, 0.29) is 0 Å². The zero-order chi connectivity index (χ0) is 13.8. The van der Waals surface area contributed by atoms with Gasteiger partial charge in [0.2, 0.25) is 0 Å². The smallest absolute Gasteiger partial charge is 0.163 e. The highest BCUT2D eigenvalue weighted by Gasteiger charge is 2.21. The summed E-state index contributed by atoms with van der Waals surface area (Å²) in [5.41, 5.74) is 1.25. The van der Waals surface area contributed by atoms with Crippen molar-refractivity contribution in [2.24, 2.45) is 0 Å². The lowest BCUT2D eigenvalue weighted by atomic mass is 10.0. The molecule has 1 fully saturated rings. The van der Waals surface area contributed by atoms with E-state index in [0.717, 1.165) is 31.1 Å². The lowest BCUT2D eigenvalue weighted by Crippen LogP contribution is -2.46. The Morgan fingerprint density at radius 3 is 2.95 bits per heavy atom. The molecule has 0 radical (unpaired) electrons. The van der Waals surface area contributed by atoms with Crippen LogP contribution in [0.25, 0.3) is 0 Å². The molecule has 2 aliphatic heterocycles. The number of ether oxygens (including phenoxy) is 2. The van der Waals surface area contributed by atoms with Crippen LogP contribution in [0.2, 0.25) is 0 Å². The Morgan fingerprint density at radius 1 is 1.25 bits per heavy atom. The van der Waals surface area contributed by atoms with Crippen molar-refractivity contribution in [3.8, 4) is 11.5 Å². The summed E-state index contributed by atoms with van der Waals surface area (Å²) in [6.45, 7) is 6.84. The third kappa shape index (κ3) is 3.01. The molecule has 0 aliphatic carbocycles. The Bertz CT molecular complexity index is 450. The first-order valence-electron chi connectivity index (χ1n) is 7.75. The second-order valence-electron chi connectivity index (χ2n) is 5.57. The molecule has 110 valence electrons. The zero-order valence-corrected chi connectivity index (χ0v) is 12.2. The van der Waals surface area contributed by atoms with Gasteiger partial charge in [-0.1, -0.05) is 6.92 Å². The number of nitrogens with one attached hydrogen (secondary N) is 1. The summed E-state index contributed by atoms with van der Waals surface area (Å²) in [5.74, 6) is 1.76. The Hall–Kier alpha value is -1.42. The van der Waals surface area contributed by atoms with Crippen molar-refractivity contribution in [1.29, 1.82) is 0 Å². The van der Waals surface area contributed by atoms with Crippen molar-refractivity contribution < 1.29 is 9.47 Å². The lowest BCUT2D eigenvalue weighted by molar-refractivity contribution is 0.171. The Morgan fingerprint density at radius 2 is 2.10 bits per heavy atom. The van der Waals surface area contributed by atoms with Crippen molar-refractivity contribution in [3.63, 3.8) is 0 Å². The number of anilines is 1. The number of fused-ring (bicyclic) bond motifs is 1. The number of benzene rings is 1. The maximum Gasteiger partial charge on any atom is 0.163 e. The van der Waals surface area contributed by atoms with E-state index >= 15 is 0 Å². The second-order valence-corrected chi connectivity index (χ2v) is 5.57. The summed E-state index contributed by atoms with van der Waals surface area (Å²) >= 11 is 0. The van der Waals surface area contributed by atoms with Gasteiger partial charge in [0.15, 0.2) is 11.5 Å². The molecule has 1 unspecified atom stereocenters. The summed E-state index contributed by atoms with van der Waals surface area (Å²) in [5, 5.41) is 3.64. The maximum atomic E-state index is 5.68. The first kappa shape index (κ1) is 13.6. The first-order valence-corrected chi connectivity index (χ1v) is 7.75. The van der Waals surface area contributed by atoms with E-state index in [9.17, 15) is 0 Å². The van der Waals surface area contributed by atoms with Gasteiger partial charge < -0.3 is 19.7 Å². The van der Waals surface area contributed by atoms with Crippen LogP contribution in [0.1, 0.15) is 26.2 Å². The van der Waals surface area contributed by atoms with Gasteiger partial charge in [-0.3, -0.25) is 0 Å². The minimum Gasteiger partial charge on any atom is -0.486 e. The van der Waals surface area contributed by atoms with Crippen molar-refractivity contribution in [1.82, 2.24) is 5.32 Å². The van der Waals surface area contributed by atoms with Gasteiger partial charge in [-0.15, -0.1) is 0 Å². The number of hydrogen-bond donors (Lipinski definition) is 1. The maximum absolute atomic E-state index is 5.68. The van der Waals surface area contributed by atoms with E-state index in [2.05, 4.69) is 29.3 Å². The van der Waals surface area contributed by atoms with Crippen LogP contribution in [0.4, 0.5) is 5.69 Å². The molecule has 1 aromatic carbocycles.